The molecule has 2 atom stereocenters. The van der Waals surface area contributed by atoms with Crippen LogP contribution in [0.1, 0.15) is 51.9 Å². The van der Waals surface area contributed by atoms with Crippen molar-refractivity contribution in [2.24, 2.45) is 0 Å². The zero-order chi connectivity index (χ0) is 13.6. The quantitative estimate of drug-likeness (QED) is 0.651. The van der Waals surface area contributed by atoms with Crippen LogP contribution in [0.4, 0.5) is 0 Å². The fraction of sp³-hybridized carbons (Fsp3) is 0.933. The zero-order valence-electron chi connectivity index (χ0n) is 12.0. The largest absolute Gasteiger partial charge is 0.379 e. The molecule has 4 heteroatoms. The number of hydrogen-bond donors (Lipinski definition) is 1. The molecule has 19 heavy (non-hydrogen) atoms. The molecule has 2 rings (SSSR count). The summed E-state index contributed by atoms with van der Waals surface area (Å²) in [5.74, 6) is 0. The molecule has 0 aromatic rings. The van der Waals surface area contributed by atoms with Gasteiger partial charge in [0.25, 0.3) is 0 Å². The number of nitrogens with one attached hydrogen (secondary N) is 1. The molecule has 0 amide bonds. The first kappa shape index (κ1) is 14.8. The molecule has 1 N–H and O–H groups in total. The second kappa shape index (κ2) is 7.23. The average molecular weight is 266 g/mol. The molecule has 0 saturated heterocycles. The van der Waals surface area contributed by atoms with Gasteiger partial charge in [0, 0.05) is 19.1 Å². The van der Waals surface area contributed by atoms with Crippen LogP contribution in [0, 0.1) is 11.3 Å². The highest BCUT2D eigenvalue weighted by molar-refractivity contribution is 5.14. The standard InChI is InChI=1S/C15H26N2O2/c1-2-3-8-18-9-10-19-14-6-7-15(11-14,12-16)17-13-4-5-13/h13-14,17H,2-11H2,1H3. The van der Waals surface area contributed by atoms with E-state index in [0.717, 1.165) is 32.3 Å². The molecule has 2 fully saturated rings. The Balaban J connectivity index is 1.60. The molecule has 4 nitrogen and oxygen atoms in total. The first-order chi connectivity index (χ1) is 9.28. The van der Waals surface area contributed by atoms with Crippen molar-refractivity contribution in [1.82, 2.24) is 5.32 Å². The zero-order valence-corrected chi connectivity index (χ0v) is 12.0. The highest BCUT2D eigenvalue weighted by Crippen LogP contribution is 2.34. The number of ether oxygens (including phenoxy) is 2. The summed E-state index contributed by atoms with van der Waals surface area (Å²) < 4.78 is 11.3. The van der Waals surface area contributed by atoms with Crippen molar-refractivity contribution in [3.8, 4) is 6.07 Å². The number of unbranched alkanes of at least 4 members (excludes halogenated alkanes) is 1. The minimum Gasteiger partial charge on any atom is -0.379 e. The Morgan fingerprint density at radius 1 is 1.26 bits per heavy atom. The van der Waals surface area contributed by atoms with Gasteiger partial charge in [-0.15, -0.1) is 0 Å². The van der Waals surface area contributed by atoms with Crippen LogP contribution in [0.5, 0.6) is 0 Å². The van der Waals surface area contributed by atoms with E-state index in [1.165, 1.54) is 19.3 Å². The molecule has 2 unspecified atom stereocenters. The van der Waals surface area contributed by atoms with Gasteiger partial charge >= 0.3 is 0 Å². The van der Waals surface area contributed by atoms with Crippen LogP contribution >= 0.6 is 0 Å². The van der Waals surface area contributed by atoms with Gasteiger partial charge in [-0.05, 0) is 32.1 Å². The van der Waals surface area contributed by atoms with Crippen molar-refractivity contribution >= 4 is 0 Å². The molecular weight excluding hydrogens is 240 g/mol. The summed E-state index contributed by atoms with van der Waals surface area (Å²) in [6, 6.07) is 3.05. The Labute approximate surface area is 116 Å². The van der Waals surface area contributed by atoms with Crippen molar-refractivity contribution < 1.29 is 9.47 Å². The molecule has 0 bridgehead atoms. The second-order valence-electron chi connectivity index (χ2n) is 5.81. The Morgan fingerprint density at radius 3 is 2.79 bits per heavy atom. The van der Waals surface area contributed by atoms with E-state index in [0.29, 0.717) is 19.3 Å². The van der Waals surface area contributed by atoms with Crippen molar-refractivity contribution in [2.75, 3.05) is 19.8 Å². The van der Waals surface area contributed by atoms with Gasteiger partial charge in [-0.3, -0.25) is 5.32 Å². The van der Waals surface area contributed by atoms with Crippen molar-refractivity contribution in [2.45, 2.75) is 69.6 Å². The van der Waals surface area contributed by atoms with E-state index in [1.54, 1.807) is 0 Å². The van der Waals surface area contributed by atoms with Gasteiger partial charge < -0.3 is 9.47 Å². The topological polar surface area (TPSA) is 54.3 Å². The number of hydrogen-bond acceptors (Lipinski definition) is 4. The summed E-state index contributed by atoms with van der Waals surface area (Å²) in [6.45, 7) is 4.31. The molecular formula is C15H26N2O2. The van der Waals surface area contributed by atoms with Gasteiger partial charge in [-0.2, -0.15) is 5.26 Å². The molecule has 0 aliphatic heterocycles. The summed E-state index contributed by atoms with van der Waals surface area (Å²) in [4.78, 5) is 0. The Morgan fingerprint density at radius 2 is 2.11 bits per heavy atom. The van der Waals surface area contributed by atoms with Gasteiger partial charge in [-0.1, -0.05) is 13.3 Å². The van der Waals surface area contributed by atoms with Gasteiger partial charge in [-0.25, -0.2) is 0 Å². The van der Waals surface area contributed by atoms with Crippen molar-refractivity contribution in [3.63, 3.8) is 0 Å². The molecule has 108 valence electrons. The summed E-state index contributed by atoms with van der Waals surface area (Å²) in [7, 11) is 0. The molecule has 0 spiro atoms. The third kappa shape index (κ3) is 4.76. The SMILES string of the molecule is CCCCOCCOC1CCC(C#N)(NC2CC2)C1. The Hall–Kier alpha value is -0.630. The molecule has 2 saturated carbocycles. The third-order valence-electron chi connectivity index (χ3n) is 3.96. The fourth-order valence-electron chi connectivity index (χ4n) is 2.65. The maximum atomic E-state index is 9.39. The number of nitrogens with zero attached hydrogens (tertiary/aromatic N) is 1. The average Bonchev–Trinajstić information content (AvgIpc) is 3.13. The lowest BCUT2D eigenvalue weighted by Crippen LogP contribution is -2.43. The molecule has 0 heterocycles. The normalized spacial score (nSPS) is 30.4. The van der Waals surface area contributed by atoms with E-state index >= 15 is 0 Å². The monoisotopic (exact) mass is 266 g/mol. The summed E-state index contributed by atoms with van der Waals surface area (Å²) >= 11 is 0. The highest BCUT2D eigenvalue weighted by Gasteiger charge is 2.43. The molecule has 0 aromatic heterocycles. The lowest BCUT2D eigenvalue weighted by Gasteiger charge is -2.22. The minimum absolute atomic E-state index is 0.223. The van der Waals surface area contributed by atoms with Crippen LogP contribution in [0.15, 0.2) is 0 Å². The lowest BCUT2D eigenvalue weighted by atomic mass is 9.99. The van der Waals surface area contributed by atoms with Gasteiger partial charge in [0.15, 0.2) is 0 Å². The second-order valence-corrected chi connectivity index (χ2v) is 5.81. The van der Waals surface area contributed by atoms with Crippen LogP contribution in [-0.2, 0) is 9.47 Å². The van der Waals surface area contributed by atoms with E-state index in [1.807, 2.05) is 0 Å². The molecule has 0 aromatic carbocycles. The van der Waals surface area contributed by atoms with E-state index < -0.39 is 0 Å². The van der Waals surface area contributed by atoms with Gasteiger partial charge in [0.05, 0.1) is 25.4 Å². The minimum atomic E-state index is -0.325. The molecule has 0 radical (unpaired) electrons. The number of rotatable bonds is 9. The third-order valence-corrected chi connectivity index (χ3v) is 3.96. The maximum Gasteiger partial charge on any atom is 0.109 e. The number of nitriles is 1. The fourth-order valence-corrected chi connectivity index (χ4v) is 2.65. The van der Waals surface area contributed by atoms with E-state index in [4.69, 9.17) is 9.47 Å². The first-order valence-electron chi connectivity index (χ1n) is 7.66. The van der Waals surface area contributed by atoms with Crippen LogP contribution in [-0.4, -0.2) is 37.5 Å². The van der Waals surface area contributed by atoms with Gasteiger partial charge in [0.1, 0.15) is 5.54 Å². The summed E-state index contributed by atoms with van der Waals surface area (Å²) in [5, 5.41) is 12.9. The smallest absolute Gasteiger partial charge is 0.109 e. The predicted molar refractivity (Wildman–Crippen MR) is 73.8 cm³/mol. The molecule has 2 aliphatic rings. The van der Waals surface area contributed by atoms with Crippen LogP contribution in [0.25, 0.3) is 0 Å². The van der Waals surface area contributed by atoms with E-state index in [-0.39, 0.29) is 11.6 Å². The molecule has 2 aliphatic carbocycles. The van der Waals surface area contributed by atoms with Crippen molar-refractivity contribution in [1.29, 1.82) is 5.26 Å². The highest BCUT2D eigenvalue weighted by atomic mass is 16.5. The predicted octanol–water partition coefficient (Wildman–Crippen LogP) is 2.39. The van der Waals surface area contributed by atoms with Crippen LogP contribution in [0.3, 0.4) is 0 Å². The summed E-state index contributed by atoms with van der Waals surface area (Å²) in [6.07, 6.45) is 7.69. The van der Waals surface area contributed by atoms with Crippen molar-refractivity contribution in [3.05, 3.63) is 0 Å². The summed E-state index contributed by atoms with van der Waals surface area (Å²) in [5.41, 5.74) is -0.325. The van der Waals surface area contributed by atoms with E-state index in [9.17, 15) is 5.26 Å². The van der Waals surface area contributed by atoms with Gasteiger partial charge in [0.2, 0.25) is 0 Å². The first-order valence-corrected chi connectivity index (χ1v) is 7.66. The lowest BCUT2D eigenvalue weighted by molar-refractivity contribution is 0.00538. The van der Waals surface area contributed by atoms with E-state index in [2.05, 4.69) is 18.3 Å². The van der Waals surface area contributed by atoms with Crippen LogP contribution in [0.2, 0.25) is 0 Å². The Kier molecular flexibility index (Phi) is 5.62. The Bertz CT molecular complexity index is 312. The van der Waals surface area contributed by atoms with Crippen LogP contribution < -0.4 is 5.32 Å². The maximum absolute atomic E-state index is 9.39.